The van der Waals surface area contributed by atoms with Gasteiger partial charge in [-0.2, -0.15) is 0 Å². The number of methoxy groups -OCH3 is 1. The normalized spacial score (nSPS) is 11.5. The summed E-state index contributed by atoms with van der Waals surface area (Å²) in [7, 11) is -1.42. The highest BCUT2D eigenvalue weighted by Gasteiger charge is 2.28. The highest BCUT2D eigenvalue weighted by Crippen LogP contribution is 2.40. The van der Waals surface area contributed by atoms with Gasteiger partial charge in [0.15, 0.2) is 5.75 Å². The van der Waals surface area contributed by atoms with Gasteiger partial charge in [-0.3, -0.25) is 14.5 Å². The number of benzene rings is 4. The second-order valence-corrected chi connectivity index (χ2v) is 12.1. The number of ketones is 1. The Morgan fingerprint density at radius 1 is 0.854 bits per heavy atom. The van der Waals surface area contributed by atoms with Crippen LogP contribution in [-0.4, -0.2) is 40.3 Å². The lowest BCUT2D eigenvalue weighted by Gasteiger charge is -2.27. The molecule has 0 saturated heterocycles. The fourth-order valence-electron chi connectivity index (χ4n) is 4.28. The lowest BCUT2D eigenvalue weighted by Crippen LogP contribution is -2.41. The van der Waals surface area contributed by atoms with Crippen LogP contribution < -0.4 is 19.7 Å². The van der Waals surface area contributed by atoms with Crippen LogP contribution in [-0.2, 0) is 20.2 Å². The van der Waals surface area contributed by atoms with Gasteiger partial charge in [0.25, 0.3) is 21.7 Å². The Morgan fingerprint density at radius 2 is 1.49 bits per heavy atom. The Labute approximate surface area is 239 Å². The van der Waals surface area contributed by atoms with Gasteiger partial charge in [0.1, 0.15) is 0 Å². The SMILES string of the molecule is COc1c(NC(=O)C(=O)c2cccc3ccccc23)cc(C(C)(C)C)cc1N(C)C(=O)NS(=O)(=O)c1ccccc1. The second kappa shape index (κ2) is 11.4. The lowest BCUT2D eigenvalue weighted by molar-refractivity contribution is -0.112. The van der Waals surface area contributed by atoms with E-state index in [1.54, 1.807) is 54.6 Å². The minimum atomic E-state index is -4.16. The molecule has 4 aromatic carbocycles. The molecular weight excluding hydrogens is 542 g/mol. The van der Waals surface area contributed by atoms with Crippen LogP contribution in [0, 0.1) is 0 Å². The summed E-state index contributed by atoms with van der Waals surface area (Å²) in [6.07, 6.45) is 0. The zero-order valence-corrected chi connectivity index (χ0v) is 24.2. The summed E-state index contributed by atoms with van der Waals surface area (Å²) in [4.78, 5) is 40.7. The molecule has 0 atom stereocenters. The van der Waals surface area contributed by atoms with Crippen molar-refractivity contribution in [1.29, 1.82) is 0 Å². The molecule has 0 aromatic heterocycles. The minimum absolute atomic E-state index is 0.0722. The molecule has 0 aliphatic heterocycles. The van der Waals surface area contributed by atoms with Crippen LogP contribution in [0.15, 0.2) is 89.8 Å². The Morgan fingerprint density at radius 3 is 2.15 bits per heavy atom. The third-order valence-corrected chi connectivity index (χ3v) is 7.91. The third kappa shape index (κ3) is 6.22. The molecule has 0 unspecified atom stereocenters. The van der Waals surface area contributed by atoms with E-state index in [9.17, 15) is 22.8 Å². The summed E-state index contributed by atoms with van der Waals surface area (Å²) in [6, 6.07) is 22.3. The number of ether oxygens (including phenoxy) is 1. The Hall–Kier alpha value is -4.70. The van der Waals surface area contributed by atoms with Crippen molar-refractivity contribution in [3.63, 3.8) is 0 Å². The molecule has 4 rings (SSSR count). The van der Waals surface area contributed by atoms with Crippen molar-refractivity contribution >= 4 is 49.9 Å². The molecule has 4 aromatic rings. The van der Waals surface area contributed by atoms with Crippen LogP contribution in [0.1, 0.15) is 36.7 Å². The number of nitrogens with one attached hydrogen (secondary N) is 2. The van der Waals surface area contributed by atoms with E-state index in [4.69, 9.17) is 4.74 Å². The predicted molar refractivity (Wildman–Crippen MR) is 159 cm³/mol. The average Bonchev–Trinajstić information content (AvgIpc) is 2.95. The van der Waals surface area contributed by atoms with Crippen LogP contribution in [0.2, 0.25) is 0 Å². The Bertz CT molecular complexity index is 1740. The second-order valence-electron chi connectivity index (χ2n) is 10.4. The molecule has 10 heteroatoms. The molecule has 0 spiro atoms. The number of rotatable bonds is 7. The Balaban J connectivity index is 1.71. The number of carbonyl (C=O) groups excluding carboxylic acids is 3. The zero-order chi connectivity index (χ0) is 29.9. The van der Waals surface area contributed by atoms with Gasteiger partial charge in [-0.25, -0.2) is 17.9 Å². The molecule has 0 heterocycles. The van der Waals surface area contributed by atoms with Crippen LogP contribution >= 0.6 is 0 Å². The number of Topliss-reactive ketones (excluding diaryl/α,β-unsaturated/α-hetero) is 1. The van der Waals surface area contributed by atoms with Crippen molar-refractivity contribution in [2.45, 2.75) is 31.1 Å². The number of fused-ring (bicyclic) bond motifs is 1. The van der Waals surface area contributed by atoms with E-state index >= 15 is 0 Å². The number of sulfonamides is 1. The van der Waals surface area contributed by atoms with Gasteiger partial charge in [0.2, 0.25) is 0 Å². The van der Waals surface area contributed by atoms with Crippen molar-refractivity contribution in [1.82, 2.24) is 4.72 Å². The molecule has 0 fully saturated rings. The molecule has 2 N–H and O–H groups in total. The van der Waals surface area contributed by atoms with Crippen molar-refractivity contribution in [2.75, 3.05) is 24.4 Å². The number of carbonyl (C=O) groups is 3. The molecular formula is C31H31N3O6S. The van der Waals surface area contributed by atoms with Gasteiger partial charge in [-0.15, -0.1) is 0 Å². The fraction of sp³-hybridized carbons (Fsp3) is 0.194. The molecule has 0 aliphatic rings. The summed E-state index contributed by atoms with van der Waals surface area (Å²) < 4.78 is 33.2. The quantitative estimate of drug-likeness (QED) is 0.222. The first-order valence-electron chi connectivity index (χ1n) is 12.7. The van der Waals surface area contributed by atoms with E-state index in [0.29, 0.717) is 10.9 Å². The summed E-state index contributed by atoms with van der Waals surface area (Å²) in [5.74, 6) is -1.56. The van der Waals surface area contributed by atoms with E-state index in [1.165, 1.54) is 26.3 Å². The molecule has 0 radical (unpaired) electrons. The molecule has 212 valence electrons. The minimum Gasteiger partial charge on any atom is -0.492 e. The average molecular weight is 574 g/mol. The van der Waals surface area contributed by atoms with Crippen LogP contribution in [0.3, 0.4) is 0 Å². The summed E-state index contributed by atoms with van der Waals surface area (Å²) in [6.45, 7) is 5.81. The summed E-state index contributed by atoms with van der Waals surface area (Å²) in [5.41, 5.74) is 0.835. The first kappa shape index (κ1) is 29.3. The van der Waals surface area contributed by atoms with Crippen molar-refractivity contribution in [3.05, 3.63) is 96.1 Å². The summed E-state index contributed by atoms with van der Waals surface area (Å²) in [5, 5.41) is 4.11. The maximum atomic E-state index is 13.3. The predicted octanol–water partition coefficient (Wildman–Crippen LogP) is 5.50. The van der Waals surface area contributed by atoms with Gasteiger partial charge in [-0.1, -0.05) is 81.4 Å². The number of amides is 3. The van der Waals surface area contributed by atoms with E-state index in [-0.39, 0.29) is 27.6 Å². The number of hydrogen-bond acceptors (Lipinski definition) is 6. The number of nitrogens with zero attached hydrogens (tertiary/aromatic N) is 1. The van der Waals surface area contributed by atoms with Gasteiger partial charge >= 0.3 is 6.03 Å². The van der Waals surface area contributed by atoms with E-state index in [2.05, 4.69) is 10.0 Å². The van der Waals surface area contributed by atoms with E-state index in [0.717, 1.165) is 10.3 Å². The molecule has 0 saturated carbocycles. The van der Waals surface area contributed by atoms with Crippen LogP contribution in [0.25, 0.3) is 10.8 Å². The molecule has 3 amide bonds. The fourth-order valence-corrected chi connectivity index (χ4v) is 5.28. The summed E-state index contributed by atoms with van der Waals surface area (Å²) >= 11 is 0. The monoisotopic (exact) mass is 573 g/mol. The maximum Gasteiger partial charge on any atom is 0.335 e. The topological polar surface area (TPSA) is 122 Å². The van der Waals surface area contributed by atoms with Gasteiger partial charge in [-0.05, 0) is 46.0 Å². The zero-order valence-electron chi connectivity index (χ0n) is 23.4. The van der Waals surface area contributed by atoms with Gasteiger partial charge < -0.3 is 10.1 Å². The standard InChI is InChI=1S/C31H31N3O6S/c1-31(2,3)21-18-25(32-29(36)27(35)24-17-11-13-20-12-9-10-16-23(20)24)28(40-5)26(19-21)34(4)30(37)33-41(38,39)22-14-7-6-8-15-22/h6-19H,1-5H3,(H,32,36)(H,33,37). The van der Waals surface area contributed by atoms with Crippen molar-refractivity contribution < 1.29 is 27.5 Å². The van der Waals surface area contributed by atoms with Gasteiger partial charge in [0, 0.05) is 12.6 Å². The Kier molecular flexibility index (Phi) is 8.16. The van der Waals surface area contributed by atoms with Crippen LogP contribution in [0.4, 0.5) is 16.2 Å². The maximum absolute atomic E-state index is 13.3. The highest BCUT2D eigenvalue weighted by atomic mass is 32.2. The van der Waals surface area contributed by atoms with Crippen LogP contribution in [0.5, 0.6) is 5.75 Å². The highest BCUT2D eigenvalue weighted by molar-refractivity contribution is 7.90. The van der Waals surface area contributed by atoms with Crippen molar-refractivity contribution in [3.8, 4) is 5.75 Å². The molecule has 0 bridgehead atoms. The smallest absolute Gasteiger partial charge is 0.335 e. The first-order valence-corrected chi connectivity index (χ1v) is 14.2. The molecule has 0 aliphatic carbocycles. The third-order valence-electron chi connectivity index (χ3n) is 6.57. The lowest BCUT2D eigenvalue weighted by atomic mass is 9.86. The van der Waals surface area contributed by atoms with Gasteiger partial charge in [0.05, 0.1) is 23.4 Å². The number of urea groups is 1. The largest absolute Gasteiger partial charge is 0.492 e. The molecule has 41 heavy (non-hydrogen) atoms. The number of hydrogen-bond donors (Lipinski definition) is 2. The van der Waals surface area contributed by atoms with E-state index in [1.807, 2.05) is 39.0 Å². The van der Waals surface area contributed by atoms with E-state index < -0.39 is 33.2 Å². The number of anilines is 2. The van der Waals surface area contributed by atoms with Crippen molar-refractivity contribution in [2.24, 2.45) is 0 Å². The molecule has 9 nitrogen and oxygen atoms in total. The first-order chi connectivity index (χ1) is 19.3.